The highest BCUT2D eigenvalue weighted by molar-refractivity contribution is 5.59. The van der Waals surface area contributed by atoms with E-state index in [0.29, 0.717) is 6.42 Å². The molecule has 0 heterocycles. The third kappa shape index (κ3) is 5.29. The Kier molecular flexibility index (Phi) is 6.09. The van der Waals surface area contributed by atoms with E-state index in [1.165, 1.54) is 12.1 Å². The summed E-state index contributed by atoms with van der Waals surface area (Å²) in [5.74, 6) is 0. The lowest BCUT2D eigenvalue weighted by Gasteiger charge is -2.28. The zero-order chi connectivity index (χ0) is 18.7. The Balaban J connectivity index is 3.38. The van der Waals surface area contributed by atoms with E-state index in [1.54, 1.807) is 18.0 Å². The van der Waals surface area contributed by atoms with E-state index in [0.717, 1.165) is 22.9 Å². The largest absolute Gasteiger partial charge is 0.418 e. The number of rotatable bonds is 5. The monoisotopic (exact) mass is 337 g/mol. The maximum Gasteiger partial charge on any atom is 0.418 e. The molecular weight excluding hydrogens is 311 g/mol. The van der Waals surface area contributed by atoms with Crippen LogP contribution < -0.4 is 4.90 Å². The standard InChI is InChI=1S/C20H26F3N/c1-14(2)12-16(13-15(3)19(4,5)6)24(7)18-11-9-8-10-17(18)20(21,22)23/h8-11,13H,1,3,12H2,2,4-7H3/b16-13-. The quantitative estimate of drug-likeness (QED) is 0.432. The first-order chi connectivity index (χ1) is 10.8. The summed E-state index contributed by atoms with van der Waals surface area (Å²) in [6.07, 6.45) is -2.06. The molecule has 0 amide bonds. The van der Waals surface area contributed by atoms with Gasteiger partial charge in [0.15, 0.2) is 0 Å². The molecule has 1 rings (SSSR count). The normalized spacial score (nSPS) is 12.9. The van der Waals surface area contributed by atoms with Gasteiger partial charge in [-0.05, 0) is 36.1 Å². The molecule has 24 heavy (non-hydrogen) atoms. The van der Waals surface area contributed by atoms with Crippen molar-refractivity contribution in [1.29, 1.82) is 0 Å². The van der Waals surface area contributed by atoms with Gasteiger partial charge in [0.2, 0.25) is 0 Å². The summed E-state index contributed by atoms with van der Waals surface area (Å²) in [5, 5.41) is 0. The molecule has 0 saturated carbocycles. The highest BCUT2D eigenvalue weighted by Gasteiger charge is 2.34. The van der Waals surface area contributed by atoms with Gasteiger partial charge < -0.3 is 4.90 Å². The van der Waals surface area contributed by atoms with E-state index >= 15 is 0 Å². The minimum atomic E-state index is -4.40. The van der Waals surface area contributed by atoms with Gasteiger partial charge in [-0.25, -0.2) is 0 Å². The number of allylic oxidation sites excluding steroid dienone is 3. The van der Waals surface area contributed by atoms with Crippen molar-refractivity contribution in [2.24, 2.45) is 5.41 Å². The highest BCUT2D eigenvalue weighted by Crippen LogP contribution is 2.38. The molecular formula is C20H26F3N. The molecule has 0 N–H and O–H groups in total. The number of hydrogen-bond donors (Lipinski definition) is 0. The van der Waals surface area contributed by atoms with Crippen molar-refractivity contribution in [3.63, 3.8) is 0 Å². The fraction of sp³-hybridized carbons (Fsp3) is 0.400. The summed E-state index contributed by atoms with van der Waals surface area (Å²) in [4.78, 5) is 1.58. The average Bonchev–Trinajstić information content (AvgIpc) is 2.43. The molecule has 0 saturated heterocycles. The Labute approximate surface area is 143 Å². The topological polar surface area (TPSA) is 3.24 Å². The van der Waals surface area contributed by atoms with Crippen molar-refractivity contribution < 1.29 is 13.2 Å². The number of anilines is 1. The maximum absolute atomic E-state index is 13.3. The van der Waals surface area contributed by atoms with E-state index in [2.05, 4.69) is 13.2 Å². The molecule has 1 nitrogen and oxygen atoms in total. The van der Waals surface area contributed by atoms with Crippen LogP contribution in [0.15, 0.2) is 60.3 Å². The van der Waals surface area contributed by atoms with Crippen LogP contribution in [0.4, 0.5) is 18.9 Å². The Hall–Kier alpha value is -1.97. The first-order valence-electron chi connectivity index (χ1n) is 7.78. The summed E-state index contributed by atoms with van der Waals surface area (Å²) in [6.45, 7) is 15.9. The first kappa shape index (κ1) is 20.1. The van der Waals surface area contributed by atoms with Gasteiger partial charge in [0, 0.05) is 19.2 Å². The van der Waals surface area contributed by atoms with Crippen molar-refractivity contribution in [3.8, 4) is 0 Å². The second-order valence-electron chi connectivity index (χ2n) is 7.12. The van der Waals surface area contributed by atoms with Crippen molar-refractivity contribution in [1.82, 2.24) is 0 Å². The molecule has 0 fully saturated rings. The molecule has 1 aromatic rings. The number of benzene rings is 1. The van der Waals surface area contributed by atoms with Crippen LogP contribution in [-0.2, 0) is 6.18 Å². The van der Waals surface area contributed by atoms with Crippen LogP contribution in [0.25, 0.3) is 0 Å². The minimum Gasteiger partial charge on any atom is -0.347 e. The predicted octanol–water partition coefficient (Wildman–Crippen LogP) is 6.59. The fourth-order valence-corrected chi connectivity index (χ4v) is 2.15. The molecule has 0 aliphatic rings. The molecule has 0 atom stereocenters. The Morgan fingerprint density at radius 1 is 1.12 bits per heavy atom. The molecule has 4 heteroatoms. The fourth-order valence-electron chi connectivity index (χ4n) is 2.15. The van der Waals surface area contributed by atoms with E-state index < -0.39 is 11.7 Å². The average molecular weight is 337 g/mol. The lowest BCUT2D eigenvalue weighted by molar-refractivity contribution is -0.137. The summed E-state index contributed by atoms with van der Waals surface area (Å²) in [5.41, 5.74) is 1.78. The molecule has 0 spiro atoms. The van der Waals surface area contributed by atoms with E-state index in [4.69, 9.17) is 0 Å². The van der Waals surface area contributed by atoms with Crippen molar-refractivity contribution in [3.05, 3.63) is 65.9 Å². The second-order valence-corrected chi connectivity index (χ2v) is 7.12. The van der Waals surface area contributed by atoms with Crippen molar-refractivity contribution in [2.75, 3.05) is 11.9 Å². The Morgan fingerprint density at radius 3 is 2.12 bits per heavy atom. The van der Waals surface area contributed by atoms with Gasteiger partial charge in [0.1, 0.15) is 0 Å². The molecule has 0 aromatic heterocycles. The van der Waals surface area contributed by atoms with Crippen LogP contribution in [0, 0.1) is 5.41 Å². The zero-order valence-corrected chi connectivity index (χ0v) is 15.1. The molecule has 0 aliphatic carbocycles. The number of para-hydroxylation sites is 1. The molecule has 0 radical (unpaired) electrons. The zero-order valence-electron chi connectivity index (χ0n) is 15.1. The lowest BCUT2D eigenvalue weighted by atomic mass is 9.86. The van der Waals surface area contributed by atoms with Crippen LogP contribution in [0.5, 0.6) is 0 Å². The van der Waals surface area contributed by atoms with Gasteiger partial charge >= 0.3 is 6.18 Å². The van der Waals surface area contributed by atoms with Crippen molar-refractivity contribution in [2.45, 2.75) is 40.3 Å². The molecule has 1 aromatic carbocycles. The predicted molar refractivity (Wildman–Crippen MR) is 96.0 cm³/mol. The van der Waals surface area contributed by atoms with Gasteiger partial charge in [-0.1, -0.05) is 51.6 Å². The molecule has 0 unspecified atom stereocenters. The Morgan fingerprint density at radius 2 is 1.67 bits per heavy atom. The van der Waals surface area contributed by atoms with Crippen LogP contribution >= 0.6 is 0 Å². The van der Waals surface area contributed by atoms with Crippen LogP contribution in [0.2, 0.25) is 0 Å². The SMILES string of the molecule is C=C(C)C/C(=C/C(=C)C(C)(C)C)N(C)c1ccccc1C(F)(F)F. The number of hydrogen-bond acceptors (Lipinski definition) is 1. The molecule has 0 bridgehead atoms. The van der Waals surface area contributed by atoms with E-state index in [9.17, 15) is 13.2 Å². The van der Waals surface area contributed by atoms with Gasteiger partial charge in [-0.3, -0.25) is 0 Å². The first-order valence-corrected chi connectivity index (χ1v) is 7.78. The number of nitrogens with zero attached hydrogens (tertiary/aromatic N) is 1. The third-order valence-electron chi connectivity index (χ3n) is 3.79. The molecule has 132 valence electrons. The summed E-state index contributed by atoms with van der Waals surface area (Å²) in [6, 6.07) is 5.59. The highest BCUT2D eigenvalue weighted by atomic mass is 19.4. The van der Waals surface area contributed by atoms with Crippen LogP contribution in [0.1, 0.15) is 39.7 Å². The van der Waals surface area contributed by atoms with Gasteiger partial charge in [0.05, 0.1) is 11.3 Å². The Bertz CT molecular complexity index is 646. The van der Waals surface area contributed by atoms with Crippen LogP contribution in [-0.4, -0.2) is 7.05 Å². The van der Waals surface area contributed by atoms with E-state index in [1.807, 2.05) is 33.8 Å². The van der Waals surface area contributed by atoms with Gasteiger partial charge in [-0.2, -0.15) is 13.2 Å². The maximum atomic E-state index is 13.3. The van der Waals surface area contributed by atoms with Gasteiger partial charge in [0.25, 0.3) is 0 Å². The summed E-state index contributed by atoms with van der Waals surface area (Å²) < 4.78 is 39.9. The lowest BCUT2D eigenvalue weighted by Crippen LogP contribution is -2.22. The summed E-state index contributed by atoms with van der Waals surface area (Å²) >= 11 is 0. The summed E-state index contributed by atoms with van der Waals surface area (Å²) in [7, 11) is 1.65. The number of alkyl halides is 3. The second kappa shape index (κ2) is 7.29. The van der Waals surface area contributed by atoms with Gasteiger partial charge in [-0.15, -0.1) is 0 Å². The van der Waals surface area contributed by atoms with Crippen LogP contribution in [0.3, 0.4) is 0 Å². The minimum absolute atomic E-state index is 0.124. The smallest absolute Gasteiger partial charge is 0.347 e. The molecule has 0 aliphatic heterocycles. The third-order valence-corrected chi connectivity index (χ3v) is 3.79. The number of halogens is 3. The van der Waals surface area contributed by atoms with Crippen molar-refractivity contribution >= 4 is 5.69 Å². The van der Waals surface area contributed by atoms with E-state index in [-0.39, 0.29) is 11.1 Å².